The first-order valence-electron chi connectivity index (χ1n) is 7.44. The first kappa shape index (κ1) is 18.4. The van der Waals surface area contributed by atoms with E-state index in [9.17, 15) is 19.7 Å². The molecule has 0 unspecified atom stereocenters. The van der Waals surface area contributed by atoms with Crippen molar-refractivity contribution < 1.29 is 14.5 Å². The maximum absolute atomic E-state index is 12.8. The molecule has 0 saturated carbocycles. The predicted molar refractivity (Wildman–Crippen MR) is 93.1 cm³/mol. The molecule has 0 aromatic heterocycles. The number of nitrogens with two attached hydrogens (primary N) is 1. The summed E-state index contributed by atoms with van der Waals surface area (Å²) in [5.74, 6) is -1.12. The van der Waals surface area contributed by atoms with E-state index < -0.39 is 16.7 Å². The van der Waals surface area contributed by atoms with Crippen LogP contribution in [0.4, 0.5) is 5.69 Å². The third kappa shape index (κ3) is 5.02. The monoisotopic (exact) mass is 361 g/mol. The molecule has 25 heavy (non-hydrogen) atoms. The van der Waals surface area contributed by atoms with Gasteiger partial charge in [-0.25, -0.2) is 0 Å². The number of carbonyl (C=O) groups excluding carboxylic acids is 2. The smallest absolute Gasteiger partial charge is 0.283 e. The molecule has 8 heteroatoms. The van der Waals surface area contributed by atoms with E-state index in [2.05, 4.69) is 0 Å². The predicted octanol–water partition coefficient (Wildman–Crippen LogP) is 2.77. The Labute approximate surface area is 149 Å². The van der Waals surface area contributed by atoms with E-state index in [1.807, 2.05) is 30.3 Å². The molecule has 2 amide bonds. The van der Waals surface area contributed by atoms with Crippen molar-refractivity contribution in [3.63, 3.8) is 0 Å². The van der Waals surface area contributed by atoms with Crippen LogP contribution in [0.5, 0.6) is 0 Å². The molecule has 2 N–H and O–H groups in total. The van der Waals surface area contributed by atoms with E-state index in [4.69, 9.17) is 17.3 Å². The highest BCUT2D eigenvalue weighted by molar-refractivity contribution is 6.31. The van der Waals surface area contributed by atoms with Gasteiger partial charge in [0.25, 0.3) is 11.6 Å². The van der Waals surface area contributed by atoms with Gasteiger partial charge in [-0.2, -0.15) is 0 Å². The Morgan fingerprint density at radius 1 is 1.16 bits per heavy atom. The Bertz CT molecular complexity index is 796. The minimum atomic E-state index is -0.659. The molecule has 0 aliphatic rings. The molecule has 0 spiro atoms. The van der Waals surface area contributed by atoms with Crippen LogP contribution in [0.3, 0.4) is 0 Å². The Balaban J connectivity index is 2.34. The lowest BCUT2D eigenvalue weighted by atomic mass is 10.1. The summed E-state index contributed by atoms with van der Waals surface area (Å²) in [7, 11) is 0. The van der Waals surface area contributed by atoms with Gasteiger partial charge in [0, 0.05) is 30.6 Å². The van der Waals surface area contributed by atoms with Crippen molar-refractivity contribution in [2.75, 3.05) is 6.54 Å². The minimum Gasteiger partial charge on any atom is -0.370 e. The Morgan fingerprint density at radius 3 is 2.44 bits per heavy atom. The van der Waals surface area contributed by atoms with Crippen molar-refractivity contribution in [3.05, 3.63) is 74.8 Å². The molecule has 0 heterocycles. The van der Waals surface area contributed by atoms with Crippen molar-refractivity contribution in [1.29, 1.82) is 0 Å². The molecule has 0 saturated heterocycles. The van der Waals surface area contributed by atoms with E-state index in [-0.39, 0.29) is 35.8 Å². The number of carbonyl (C=O) groups is 2. The minimum absolute atomic E-state index is 0.0417. The van der Waals surface area contributed by atoms with Gasteiger partial charge in [0.15, 0.2) is 0 Å². The molecule has 0 aliphatic carbocycles. The summed E-state index contributed by atoms with van der Waals surface area (Å²) in [6.07, 6.45) is -0.0417. The molecule has 7 nitrogen and oxygen atoms in total. The van der Waals surface area contributed by atoms with Gasteiger partial charge < -0.3 is 10.6 Å². The van der Waals surface area contributed by atoms with Crippen molar-refractivity contribution in [2.45, 2.75) is 13.0 Å². The van der Waals surface area contributed by atoms with E-state index in [0.29, 0.717) is 0 Å². The summed E-state index contributed by atoms with van der Waals surface area (Å²) < 4.78 is 0. The van der Waals surface area contributed by atoms with Crippen molar-refractivity contribution in [3.8, 4) is 0 Å². The van der Waals surface area contributed by atoms with Gasteiger partial charge in [0.2, 0.25) is 5.91 Å². The Hall–Kier alpha value is -2.93. The van der Waals surface area contributed by atoms with Gasteiger partial charge in [0.1, 0.15) is 5.56 Å². The van der Waals surface area contributed by atoms with Crippen LogP contribution in [0, 0.1) is 10.1 Å². The summed E-state index contributed by atoms with van der Waals surface area (Å²) in [5, 5.41) is 11.4. The number of hydrogen-bond donors (Lipinski definition) is 1. The van der Waals surface area contributed by atoms with Gasteiger partial charge in [-0.15, -0.1) is 0 Å². The molecule has 0 fully saturated rings. The lowest BCUT2D eigenvalue weighted by Gasteiger charge is -2.22. The highest BCUT2D eigenvalue weighted by Gasteiger charge is 2.25. The highest BCUT2D eigenvalue weighted by atomic mass is 35.5. The van der Waals surface area contributed by atoms with Gasteiger partial charge >= 0.3 is 0 Å². The maximum Gasteiger partial charge on any atom is 0.283 e. The average Bonchev–Trinajstić information content (AvgIpc) is 2.58. The summed E-state index contributed by atoms with van der Waals surface area (Å²) in [6, 6.07) is 13.0. The third-order valence-electron chi connectivity index (χ3n) is 3.52. The van der Waals surface area contributed by atoms with Gasteiger partial charge in [-0.1, -0.05) is 41.9 Å². The van der Waals surface area contributed by atoms with Crippen molar-refractivity contribution >= 4 is 29.1 Å². The molecular weight excluding hydrogens is 346 g/mol. The molecular formula is C17H16ClN3O4. The Morgan fingerprint density at radius 2 is 1.84 bits per heavy atom. The second-order valence-corrected chi connectivity index (χ2v) is 5.78. The Kier molecular flexibility index (Phi) is 6.08. The zero-order valence-corrected chi connectivity index (χ0v) is 14.0. The fourth-order valence-electron chi connectivity index (χ4n) is 2.31. The second-order valence-electron chi connectivity index (χ2n) is 5.35. The van der Waals surface area contributed by atoms with E-state index in [1.54, 1.807) is 0 Å². The number of benzene rings is 2. The van der Waals surface area contributed by atoms with Crippen LogP contribution in [-0.4, -0.2) is 28.2 Å². The van der Waals surface area contributed by atoms with Crippen molar-refractivity contribution in [1.82, 2.24) is 4.90 Å². The first-order valence-corrected chi connectivity index (χ1v) is 7.81. The molecule has 130 valence electrons. The van der Waals surface area contributed by atoms with E-state index >= 15 is 0 Å². The number of nitro benzene ring substituents is 1. The number of hydrogen-bond acceptors (Lipinski definition) is 4. The summed E-state index contributed by atoms with van der Waals surface area (Å²) in [4.78, 5) is 35.8. The number of halogens is 1. The van der Waals surface area contributed by atoms with Crippen molar-refractivity contribution in [2.24, 2.45) is 5.73 Å². The van der Waals surface area contributed by atoms with E-state index in [0.717, 1.165) is 11.6 Å². The zero-order valence-electron chi connectivity index (χ0n) is 13.2. The molecule has 2 aromatic carbocycles. The van der Waals surface area contributed by atoms with Crippen LogP contribution in [0.1, 0.15) is 22.3 Å². The topological polar surface area (TPSA) is 107 Å². The fourth-order valence-corrected chi connectivity index (χ4v) is 2.47. The highest BCUT2D eigenvalue weighted by Crippen LogP contribution is 2.25. The maximum atomic E-state index is 12.8. The van der Waals surface area contributed by atoms with Gasteiger partial charge in [-0.05, 0) is 17.7 Å². The van der Waals surface area contributed by atoms with Crippen LogP contribution >= 0.6 is 11.6 Å². The molecule has 2 aromatic rings. The van der Waals surface area contributed by atoms with Crippen LogP contribution in [0.2, 0.25) is 5.02 Å². The van der Waals surface area contributed by atoms with Crippen LogP contribution in [0.15, 0.2) is 48.5 Å². The largest absolute Gasteiger partial charge is 0.370 e. The molecule has 2 rings (SSSR count). The second kappa shape index (κ2) is 8.25. The normalized spacial score (nSPS) is 10.3. The molecule has 0 aliphatic heterocycles. The summed E-state index contributed by atoms with van der Waals surface area (Å²) in [5.41, 5.74) is 5.53. The lowest BCUT2D eigenvalue weighted by Crippen LogP contribution is -2.34. The standard InChI is InChI=1S/C17H16ClN3O4/c18-13-6-7-14(15(10-13)21(24)25)17(23)20(9-8-16(19)22)11-12-4-2-1-3-5-12/h1-7,10H,8-9,11H2,(H2,19,22). The number of amides is 2. The molecule has 0 atom stereocenters. The zero-order chi connectivity index (χ0) is 18.4. The average molecular weight is 362 g/mol. The third-order valence-corrected chi connectivity index (χ3v) is 3.75. The number of primary amides is 1. The lowest BCUT2D eigenvalue weighted by molar-refractivity contribution is -0.385. The molecule has 0 bridgehead atoms. The quantitative estimate of drug-likeness (QED) is 0.604. The number of rotatable bonds is 7. The number of nitro groups is 1. The molecule has 0 radical (unpaired) electrons. The van der Waals surface area contributed by atoms with Crippen LogP contribution in [0.25, 0.3) is 0 Å². The van der Waals surface area contributed by atoms with Gasteiger partial charge in [0.05, 0.1) is 4.92 Å². The SMILES string of the molecule is NC(=O)CCN(Cc1ccccc1)C(=O)c1ccc(Cl)cc1[N+](=O)[O-]. The number of nitrogens with zero attached hydrogens (tertiary/aromatic N) is 2. The van der Waals surface area contributed by atoms with Crippen LogP contribution < -0.4 is 5.73 Å². The summed E-state index contributed by atoms with van der Waals surface area (Å²) >= 11 is 5.79. The first-order chi connectivity index (χ1) is 11.9. The fraction of sp³-hybridized carbons (Fsp3) is 0.176. The van der Waals surface area contributed by atoms with E-state index in [1.165, 1.54) is 17.0 Å². The van der Waals surface area contributed by atoms with Gasteiger partial charge in [-0.3, -0.25) is 19.7 Å². The summed E-state index contributed by atoms with van der Waals surface area (Å²) in [6.45, 7) is 0.259. The van der Waals surface area contributed by atoms with Crippen LogP contribution in [-0.2, 0) is 11.3 Å².